The number of hydrogen-bond donors (Lipinski definition) is 1. The fourth-order valence-electron chi connectivity index (χ4n) is 4.46. The lowest BCUT2D eigenvalue weighted by Gasteiger charge is -2.33. The molecule has 0 spiro atoms. The van der Waals surface area contributed by atoms with Crippen molar-refractivity contribution in [3.05, 3.63) is 94.0 Å². The van der Waals surface area contributed by atoms with Crippen molar-refractivity contribution in [2.24, 2.45) is 0 Å². The van der Waals surface area contributed by atoms with E-state index >= 15 is 0 Å². The van der Waals surface area contributed by atoms with E-state index in [4.69, 9.17) is 11.6 Å². The molecule has 2 amide bonds. The zero-order valence-corrected chi connectivity index (χ0v) is 26.1. The maximum atomic E-state index is 14.1. The van der Waals surface area contributed by atoms with Crippen LogP contribution in [0.3, 0.4) is 0 Å². The molecule has 3 aromatic rings. The summed E-state index contributed by atoms with van der Waals surface area (Å²) in [6, 6.07) is 18.1. The van der Waals surface area contributed by atoms with Crippen LogP contribution in [0, 0.1) is 20.8 Å². The Labute approximate surface area is 249 Å². The maximum absolute atomic E-state index is 14.1. The molecule has 41 heavy (non-hydrogen) atoms. The Balaban J connectivity index is 2.05. The molecule has 7 nitrogen and oxygen atoms in total. The van der Waals surface area contributed by atoms with Crippen molar-refractivity contribution in [2.45, 2.75) is 71.4 Å². The summed E-state index contributed by atoms with van der Waals surface area (Å²) in [6.45, 7) is 9.91. The lowest BCUT2D eigenvalue weighted by Crippen LogP contribution is -2.52. The van der Waals surface area contributed by atoms with Crippen molar-refractivity contribution >= 4 is 39.1 Å². The van der Waals surface area contributed by atoms with Gasteiger partial charge in [0, 0.05) is 18.1 Å². The largest absolute Gasteiger partial charge is 0.354 e. The third-order valence-corrected chi connectivity index (χ3v) is 9.19. The molecule has 0 saturated heterocycles. The number of carbonyl (C=O) groups is 2. The Morgan fingerprint density at radius 3 is 2.15 bits per heavy atom. The number of sulfonamides is 1. The minimum atomic E-state index is -4.15. The highest BCUT2D eigenvalue weighted by molar-refractivity contribution is 7.92. The third-order valence-electron chi connectivity index (χ3n) is 7.15. The number of halogens is 1. The number of hydrogen-bond acceptors (Lipinski definition) is 4. The molecular formula is C32H40ClN3O4S. The molecule has 0 radical (unpaired) electrons. The highest BCUT2D eigenvalue weighted by Crippen LogP contribution is 2.27. The predicted octanol–water partition coefficient (Wildman–Crippen LogP) is 6.18. The number of carbonyl (C=O) groups excluding carboxylic acids is 2. The number of amides is 2. The average Bonchev–Trinajstić information content (AvgIpc) is 2.94. The first-order valence-electron chi connectivity index (χ1n) is 14.0. The smallest absolute Gasteiger partial charge is 0.264 e. The predicted molar refractivity (Wildman–Crippen MR) is 166 cm³/mol. The van der Waals surface area contributed by atoms with E-state index in [1.54, 1.807) is 12.1 Å². The minimum Gasteiger partial charge on any atom is -0.354 e. The molecule has 0 unspecified atom stereocenters. The van der Waals surface area contributed by atoms with Gasteiger partial charge >= 0.3 is 0 Å². The number of aryl methyl sites for hydroxylation is 3. The second-order valence-corrected chi connectivity index (χ2v) is 12.6. The lowest BCUT2D eigenvalue weighted by atomic mass is 10.1. The molecule has 1 atom stereocenters. The van der Waals surface area contributed by atoms with E-state index in [1.807, 2.05) is 65.0 Å². The summed E-state index contributed by atoms with van der Waals surface area (Å²) < 4.78 is 29.1. The van der Waals surface area contributed by atoms with Crippen LogP contribution in [0.2, 0.25) is 5.02 Å². The van der Waals surface area contributed by atoms with Crippen LogP contribution in [-0.2, 0) is 26.2 Å². The van der Waals surface area contributed by atoms with Gasteiger partial charge in [-0.1, -0.05) is 67.8 Å². The lowest BCUT2D eigenvalue weighted by molar-refractivity contribution is -0.140. The second-order valence-electron chi connectivity index (χ2n) is 10.3. The zero-order valence-electron chi connectivity index (χ0n) is 24.5. The molecule has 1 N–H and O–H groups in total. The zero-order chi connectivity index (χ0) is 30.2. The van der Waals surface area contributed by atoms with E-state index in [-0.39, 0.29) is 17.3 Å². The normalized spacial score (nSPS) is 12.0. The van der Waals surface area contributed by atoms with Crippen molar-refractivity contribution in [2.75, 3.05) is 17.4 Å². The molecule has 0 aromatic heterocycles. The van der Waals surface area contributed by atoms with Gasteiger partial charge in [0.15, 0.2) is 0 Å². The first-order chi connectivity index (χ1) is 19.5. The van der Waals surface area contributed by atoms with Gasteiger partial charge in [-0.15, -0.1) is 0 Å². The Hall–Kier alpha value is -3.36. The van der Waals surface area contributed by atoms with E-state index in [0.717, 1.165) is 39.4 Å². The molecule has 9 heteroatoms. The topological polar surface area (TPSA) is 86.8 Å². The summed E-state index contributed by atoms with van der Waals surface area (Å²) in [7, 11) is -4.15. The van der Waals surface area contributed by atoms with E-state index in [9.17, 15) is 18.0 Å². The molecule has 0 aliphatic heterocycles. The Morgan fingerprint density at radius 2 is 1.56 bits per heavy atom. The number of benzene rings is 3. The van der Waals surface area contributed by atoms with Crippen LogP contribution in [-0.4, -0.2) is 44.3 Å². The van der Waals surface area contributed by atoms with E-state index < -0.39 is 28.5 Å². The van der Waals surface area contributed by atoms with Gasteiger partial charge in [-0.2, -0.15) is 0 Å². The van der Waals surface area contributed by atoms with Gasteiger partial charge in [0.05, 0.1) is 10.6 Å². The summed E-state index contributed by atoms with van der Waals surface area (Å²) >= 11 is 6.03. The van der Waals surface area contributed by atoms with Gasteiger partial charge in [0.25, 0.3) is 10.0 Å². The van der Waals surface area contributed by atoms with E-state index in [2.05, 4.69) is 5.32 Å². The maximum Gasteiger partial charge on any atom is 0.264 e. The van der Waals surface area contributed by atoms with Crippen molar-refractivity contribution in [3.63, 3.8) is 0 Å². The van der Waals surface area contributed by atoms with Gasteiger partial charge in [0.1, 0.15) is 12.6 Å². The summed E-state index contributed by atoms with van der Waals surface area (Å²) in [5.74, 6) is -0.724. The van der Waals surface area contributed by atoms with Crippen LogP contribution < -0.4 is 9.62 Å². The molecule has 0 aliphatic rings. The summed E-state index contributed by atoms with van der Waals surface area (Å²) in [5, 5.41) is 3.35. The molecule has 0 heterocycles. The number of rotatable bonds is 13. The van der Waals surface area contributed by atoms with Crippen molar-refractivity contribution in [1.29, 1.82) is 0 Å². The van der Waals surface area contributed by atoms with E-state index in [0.29, 0.717) is 23.7 Å². The third kappa shape index (κ3) is 8.33. The average molecular weight is 598 g/mol. The van der Waals surface area contributed by atoms with Crippen LogP contribution in [0.1, 0.15) is 55.4 Å². The molecule has 0 aliphatic carbocycles. The highest BCUT2D eigenvalue weighted by Gasteiger charge is 2.33. The van der Waals surface area contributed by atoms with Gasteiger partial charge < -0.3 is 10.2 Å². The van der Waals surface area contributed by atoms with Gasteiger partial charge in [-0.3, -0.25) is 13.9 Å². The van der Waals surface area contributed by atoms with Crippen LogP contribution in [0.4, 0.5) is 5.69 Å². The van der Waals surface area contributed by atoms with Gasteiger partial charge in [0.2, 0.25) is 11.8 Å². The number of nitrogens with zero attached hydrogens (tertiary/aromatic N) is 2. The second kappa shape index (κ2) is 14.5. The first kappa shape index (κ1) is 32.2. The molecule has 0 saturated carbocycles. The number of anilines is 1. The summed E-state index contributed by atoms with van der Waals surface area (Å²) in [6.07, 6.45) is 2.13. The fourth-order valence-corrected chi connectivity index (χ4v) is 5.99. The number of nitrogens with one attached hydrogen (secondary N) is 1. The molecule has 3 aromatic carbocycles. The van der Waals surface area contributed by atoms with Crippen LogP contribution >= 0.6 is 11.6 Å². The van der Waals surface area contributed by atoms with E-state index in [1.165, 1.54) is 29.2 Å². The molecule has 3 rings (SSSR count). The number of unbranched alkanes of at least 4 members (excludes halogenated alkanes) is 1. The molecule has 0 bridgehead atoms. The Kier molecular flexibility index (Phi) is 11.4. The molecule has 0 fully saturated rings. The molecule has 220 valence electrons. The minimum absolute atomic E-state index is 0.0161. The highest BCUT2D eigenvalue weighted by atomic mass is 35.5. The standard InChI is InChI=1S/C32H40ClN3O4S/c1-6-8-19-34-32(38)30(7-2)35(21-26-12-9-23(3)10-13-26)31(37)22-36(28-16-11-24(4)25(5)20-28)41(39,40)29-17-14-27(33)15-18-29/h9-18,20,30H,6-8,19,21-22H2,1-5H3,(H,34,38)/t30-/m0/s1. The first-order valence-corrected chi connectivity index (χ1v) is 15.8. The van der Waals surface area contributed by atoms with Crippen molar-refractivity contribution in [3.8, 4) is 0 Å². The summed E-state index contributed by atoms with van der Waals surface area (Å²) in [4.78, 5) is 28.9. The Bertz CT molecular complexity index is 1440. The Morgan fingerprint density at radius 1 is 0.902 bits per heavy atom. The van der Waals surface area contributed by atoms with Crippen LogP contribution in [0.15, 0.2) is 71.6 Å². The van der Waals surface area contributed by atoms with Gasteiger partial charge in [-0.05, 0) is 86.7 Å². The SMILES string of the molecule is CCCCNC(=O)[C@H](CC)N(Cc1ccc(C)cc1)C(=O)CN(c1ccc(C)c(C)c1)S(=O)(=O)c1ccc(Cl)cc1. The van der Waals surface area contributed by atoms with Crippen molar-refractivity contribution in [1.82, 2.24) is 10.2 Å². The molecular weight excluding hydrogens is 558 g/mol. The van der Waals surface area contributed by atoms with Crippen LogP contribution in [0.25, 0.3) is 0 Å². The quantitative estimate of drug-likeness (QED) is 0.238. The van der Waals surface area contributed by atoms with Gasteiger partial charge in [-0.25, -0.2) is 8.42 Å². The monoisotopic (exact) mass is 597 g/mol. The van der Waals surface area contributed by atoms with Crippen molar-refractivity contribution < 1.29 is 18.0 Å². The summed E-state index contributed by atoms with van der Waals surface area (Å²) in [5.41, 5.74) is 4.18. The van der Waals surface area contributed by atoms with Crippen LogP contribution in [0.5, 0.6) is 0 Å². The fraction of sp³-hybridized carbons (Fsp3) is 0.375.